The average molecular weight is 293 g/mol. The molecule has 0 heterocycles. The van der Waals surface area contributed by atoms with Crippen LogP contribution in [0.2, 0.25) is 0 Å². The maximum absolute atomic E-state index is 12.7. The Morgan fingerprint density at radius 1 is 1.26 bits per heavy atom. The highest BCUT2D eigenvalue weighted by Crippen LogP contribution is 2.55. The van der Waals surface area contributed by atoms with Crippen molar-refractivity contribution < 1.29 is 23.1 Å². The molecule has 0 fully saturated rings. The van der Waals surface area contributed by atoms with Crippen LogP contribution in [0.15, 0.2) is 5.11 Å². The molecule has 0 saturated heterocycles. The van der Waals surface area contributed by atoms with Gasteiger partial charge in [-0.25, -0.2) is 0 Å². The number of hydrogen-bond acceptors (Lipinski definition) is 6. The fourth-order valence-electron chi connectivity index (χ4n) is 1.25. The third-order valence-corrected chi connectivity index (χ3v) is 4.08. The molecule has 0 spiro atoms. The molecule has 0 rings (SSSR count). The van der Waals surface area contributed by atoms with Crippen molar-refractivity contribution in [2.75, 3.05) is 6.54 Å². The number of carbonyl (C=O) groups is 1. The van der Waals surface area contributed by atoms with Crippen LogP contribution in [-0.4, -0.2) is 30.6 Å². The molecule has 1 atom stereocenters. The molecule has 110 valence electrons. The average Bonchev–Trinajstić information content (AvgIpc) is 2.20. The van der Waals surface area contributed by atoms with Crippen molar-refractivity contribution in [1.82, 2.24) is 0 Å². The molecule has 19 heavy (non-hydrogen) atoms. The van der Waals surface area contributed by atoms with E-state index in [9.17, 15) is 9.36 Å². The first-order chi connectivity index (χ1) is 8.71. The first-order valence-corrected chi connectivity index (χ1v) is 7.47. The normalized spacial score (nSPS) is 13.2. The first-order valence-electron chi connectivity index (χ1n) is 5.86. The van der Waals surface area contributed by atoms with E-state index in [1.807, 2.05) is 0 Å². The molecule has 0 aromatic rings. The summed E-state index contributed by atoms with van der Waals surface area (Å²) in [5.41, 5.74) is 8.33. The van der Waals surface area contributed by atoms with Gasteiger partial charge < -0.3 is 13.8 Å². The molecular formula is C10H20N3O5P. The van der Waals surface area contributed by atoms with Crippen molar-refractivity contribution in [3.8, 4) is 0 Å². The van der Waals surface area contributed by atoms with Crippen LogP contribution in [0, 0.1) is 0 Å². The topological polar surface area (TPSA) is 111 Å². The van der Waals surface area contributed by atoms with Gasteiger partial charge in [-0.2, -0.15) is 0 Å². The SMILES string of the molecule is CC(=O)OC(CN=[N+]=[N-])P(=O)(OC(C)C)OC(C)C. The Hall–Kier alpha value is -1.07. The van der Waals surface area contributed by atoms with Crippen molar-refractivity contribution in [2.24, 2.45) is 5.11 Å². The number of carbonyl (C=O) groups excluding carboxylic acids is 1. The lowest BCUT2D eigenvalue weighted by atomic mass is 10.5. The Bertz CT molecular complexity index is 375. The van der Waals surface area contributed by atoms with Crippen molar-refractivity contribution in [3.05, 3.63) is 10.4 Å². The molecule has 0 aliphatic rings. The minimum absolute atomic E-state index is 0.313. The summed E-state index contributed by atoms with van der Waals surface area (Å²) >= 11 is 0. The van der Waals surface area contributed by atoms with E-state index in [0.29, 0.717) is 0 Å². The second-order valence-electron chi connectivity index (χ2n) is 4.33. The van der Waals surface area contributed by atoms with Gasteiger partial charge in [0.05, 0.1) is 18.8 Å². The number of azide groups is 1. The van der Waals surface area contributed by atoms with Crippen molar-refractivity contribution >= 4 is 13.6 Å². The Kier molecular flexibility index (Phi) is 7.71. The predicted molar refractivity (Wildman–Crippen MR) is 69.6 cm³/mol. The van der Waals surface area contributed by atoms with Crippen LogP contribution in [0.4, 0.5) is 0 Å². The van der Waals surface area contributed by atoms with E-state index in [2.05, 4.69) is 10.0 Å². The fraction of sp³-hybridized carbons (Fsp3) is 0.900. The standard InChI is InChI=1S/C10H20N3O5P/c1-7(2)17-19(15,18-8(3)4)10(6-12-13-11)16-9(5)14/h7-8,10H,6H2,1-5H3. The zero-order chi connectivity index (χ0) is 15.1. The Balaban J connectivity index is 5.25. The molecule has 0 radical (unpaired) electrons. The summed E-state index contributed by atoms with van der Waals surface area (Å²) in [6.07, 6.45) is -0.789. The van der Waals surface area contributed by atoms with E-state index < -0.39 is 31.6 Å². The lowest BCUT2D eigenvalue weighted by molar-refractivity contribution is -0.143. The summed E-state index contributed by atoms with van der Waals surface area (Å²) in [7, 11) is -3.73. The Labute approximate surface area is 112 Å². The molecule has 0 N–H and O–H groups in total. The van der Waals surface area contributed by atoms with Gasteiger partial charge in [-0.15, -0.1) is 0 Å². The van der Waals surface area contributed by atoms with Gasteiger partial charge in [0.2, 0.25) is 5.85 Å². The van der Waals surface area contributed by atoms with E-state index >= 15 is 0 Å². The molecule has 0 bridgehead atoms. The first kappa shape index (κ1) is 17.9. The molecular weight excluding hydrogens is 273 g/mol. The molecule has 9 heteroatoms. The number of nitrogens with zero attached hydrogens (tertiary/aromatic N) is 3. The molecule has 0 aromatic carbocycles. The summed E-state index contributed by atoms with van der Waals surface area (Å²) in [4.78, 5) is 13.6. The van der Waals surface area contributed by atoms with E-state index in [4.69, 9.17) is 19.3 Å². The van der Waals surface area contributed by atoms with E-state index in [1.54, 1.807) is 27.7 Å². The second kappa shape index (κ2) is 8.17. The smallest absolute Gasteiger partial charge is 0.371 e. The Morgan fingerprint density at radius 3 is 2.05 bits per heavy atom. The number of ether oxygens (including phenoxy) is 1. The van der Waals surface area contributed by atoms with Gasteiger partial charge in [0.15, 0.2) is 0 Å². The fourth-order valence-corrected chi connectivity index (χ4v) is 3.30. The minimum Gasteiger partial charge on any atom is -0.449 e. The number of hydrogen-bond donors (Lipinski definition) is 0. The molecule has 8 nitrogen and oxygen atoms in total. The van der Waals surface area contributed by atoms with Crippen LogP contribution in [0.5, 0.6) is 0 Å². The van der Waals surface area contributed by atoms with Gasteiger partial charge in [0.1, 0.15) is 0 Å². The third kappa shape index (κ3) is 7.18. The maximum atomic E-state index is 12.7. The van der Waals surface area contributed by atoms with Crippen LogP contribution in [0.25, 0.3) is 10.4 Å². The monoisotopic (exact) mass is 293 g/mol. The van der Waals surface area contributed by atoms with Gasteiger partial charge in [0.25, 0.3) is 0 Å². The minimum atomic E-state index is -3.73. The van der Waals surface area contributed by atoms with Gasteiger partial charge in [-0.05, 0) is 33.2 Å². The summed E-state index contributed by atoms with van der Waals surface area (Å²) in [5.74, 6) is -1.90. The van der Waals surface area contributed by atoms with Crippen LogP contribution in [-0.2, 0) is 23.1 Å². The summed E-state index contributed by atoms with van der Waals surface area (Å²) < 4.78 is 28.1. The lowest BCUT2D eigenvalue weighted by Gasteiger charge is -2.28. The van der Waals surface area contributed by atoms with Crippen molar-refractivity contribution in [1.29, 1.82) is 0 Å². The van der Waals surface area contributed by atoms with Crippen molar-refractivity contribution in [3.63, 3.8) is 0 Å². The van der Waals surface area contributed by atoms with Crippen molar-refractivity contribution in [2.45, 2.75) is 52.7 Å². The lowest BCUT2D eigenvalue weighted by Crippen LogP contribution is -2.25. The largest absolute Gasteiger partial charge is 0.449 e. The highest BCUT2D eigenvalue weighted by Gasteiger charge is 2.40. The summed E-state index contributed by atoms with van der Waals surface area (Å²) in [5, 5.41) is 3.28. The summed E-state index contributed by atoms with van der Waals surface area (Å²) in [6.45, 7) is 7.55. The van der Waals surface area contributed by atoms with Crippen LogP contribution in [0.3, 0.4) is 0 Å². The summed E-state index contributed by atoms with van der Waals surface area (Å²) in [6, 6.07) is 0. The van der Waals surface area contributed by atoms with Gasteiger partial charge >= 0.3 is 13.6 Å². The highest BCUT2D eigenvalue weighted by molar-refractivity contribution is 7.54. The van der Waals surface area contributed by atoms with Gasteiger partial charge in [0, 0.05) is 11.8 Å². The molecule has 1 unspecified atom stereocenters. The van der Waals surface area contributed by atoms with E-state index in [-0.39, 0.29) is 6.54 Å². The molecule has 0 amide bonds. The second-order valence-corrected chi connectivity index (χ2v) is 6.40. The molecule has 0 aliphatic carbocycles. The van der Waals surface area contributed by atoms with Crippen LogP contribution < -0.4 is 0 Å². The Morgan fingerprint density at radius 2 is 1.74 bits per heavy atom. The van der Waals surface area contributed by atoms with E-state index in [1.165, 1.54) is 0 Å². The molecule has 0 aromatic heterocycles. The van der Waals surface area contributed by atoms with Gasteiger partial charge in [-0.3, -0.25) is 9.36 Å². The number of rotatable bonds is 8. The zero-order valence-electron chi connectivity index (χ0n) is 11.8. The number of esters is 1. The van der Waals surface area contributed by atoms with Crippen LogP contribution in [0.1, 0.15) is 34.6 Å². The quantitative estimate of drug-likeness (QED) is 0.224. The third-order valence-electron chi connectivity index (χ3n) is 1.67. The maximum Gasteiger partial charge on any atom is 0.371 e. The molecule has 0 saturated carbocycles. The van der Waals surface area contributed by atoms with Crippen LogP contribution >= 0.6 is 7.60 Å². The van der Waals surface area contributed by atoms with Gasteiger partial charge in [-0.1, -0.05) is 5.11 Å². The molecule has 0 aliphatic heterocycles. The zero-order valence-corrected chi connectivity index (χ0v) is 12.7. The predicted octanol–water partition coefficient (Wildman–Crippen LogP) is 3.23. The van der Waals surface area contributed by atoms with E-state index in [0.717, 1.165) is 6.92 Å². The highest BCUT2D eigenvalue weighted by atomic mass is 31.2.